The summed E-state index contributed by atoms with van der Waals surface area (Å²) < 4.78 is 42.2. The van der Waals surface area contributed by atoms with Crippen molar-refractivity contribution >= 4 is 23.2 Å². The summed E-state index contributed by atoms with van der Waals surface area (Å²) in [5.74, 6) is -1.67. The molecule has 0 unspecified atom stereocenters. The van der Waals surface area contributed by atoms with Crippen LogP contribution in [0.2, 0.25) is 0 Å². The van der Waals surface area contributed by atoms with Gasteiger partial charge in [-0.05, 0) is 36.8 Å². The molecule has 0 saturated carbocycles. The molecule has 0 saturated heterocycles. The number of hydrogen-bond acceptors (Lipinski definition) is 3. The number of carbonyl (C=O) groups is 2. The molecule has 2 amide bonds. The van der Waals surface area contributed by atoms with Crippen molar-refractivity contribution in [1.29, 1.82) is 0 Å². The molecule has 26 heavy (non-hydrogen) atoms. The third kappa shape index (κ3) is 6.46. The highest BCUT2D eigenvalue weighted by Gasteiger charge is 2.38. The van der Waals surface area contributed by atoms with Crippen molar-refractivity contribution < 1.29 is 27.5 Å². The van der Waals surface area contributed by atoms with Crippen LogP contribution in [0.3, 0.4) is 0 Å². The van der Waals surface area contributed by atoms with Gasteiger partial charge in [0.15, 0.2) is 0 Å². The van der Waals surface area contributed by atoms with Gasteiger partial charge in [0.25, 0.3) is 0 Å². The Hall–Kier alpha value is -3.03. The van der Waals surface area contributed by atoms with Crippen molar-refractivity contribution in [2.75, 3.05) is 17.2 Å². The van der Waals surface area contributed by atoms with E-state index in [9.17, 15) is 22.8 Å². The number of alkyl halides is 3. The SMILES string of the molecule is O=C(CCCOc1ccccc1)Nc1cccc(NC(=O)C(F)(F)F)c1. The number of amides is 2. The van der Waals surface area contributed by atoms with Gasteiger partial charge in [-0.1, -0.05) is 24.3 Å². The summed E-state index contributed by atoms with van der Waals surface area (Å²) >= 11 is 0. The molecule has 2 N–H and O–H groups in total. The summed E-state index contributed by atoms with van der Waals surface area (Å²) in [5, 5.41) is 4.30. The van der Waals surface area contributed by atoms with Crippen LogP contribution >= 0.6 is 0 Å². The maximum absolute atomic E-state index is 12.2. The summed E-state index contributed by atoms with van der Waals surface area (Å²) in [6, 6.07) is 14.7. The predicted octanol–water partition coefficient (Wildman–Crippen LogP) is 3.99. The fourth-order valence-corrected chi connectivity index (χ4v) is 2.04. The van der Waals surface area contributed by atoms with Gasteiger partial charge >= 0.3 is 12.1 Å². The molecule has 0 radical (unpaired) electrons. The van der Waals surface area contributed by atoms with Gasteiger partial charge in [-0.3, -0.25) is 9.59 Å². The van der Waals surface area contributed by atoms with Crippen LogP contribution in [-0.2, 0) is 9.59 Å². The van der Waals surface area contributed by atoms with E-state index in [-0.39, 0.29) is 18.0 Å². The quantitative estimate of drug-likeness (QED) is 0.729. The zero-order valence-electron chi connectivity index (χ0n) is 13.7. The predicted molar refractivity (Wildman–Crippen MR) is 90.9 cm³/mol. The second kappa shape index (κ2) is 8.89. The fraction of sp³-hybridized carbons (Fsp3) is 0.222. The van der Waals surface area contributed by atoms with Gasteiger partial charge in [0.1, 0.15) is 5.75 Å². The molecule has 0 aliphatic rings. The number of anilines is 2. The molecule has 5 nitrogen and oxygen atoms in total. The number of nitrogens with one attached hydrogen (secondary N) is 2. The Morgan fingerprint density at radius 1 is 0.923 bits per heavy atom. The van der Waals surface area contributed by atoms with Crippen LogP contribution in [-0.4, -0.2) is 24.6 Å². The number of benzene rings is 2. The monoisotopic (exact) mass is 366 g/mol. The minimum absolute atomic E-state index is 0.0578. The van der Waals surface area contributed by atoms with Crippen molar-refractivity contribution in [3.8, 4) is 5.75 Å². The smallest absolute Gasteiger partial charge is 0.471 e. The van der Waals surface area contributed by atoms with E-state index in [0.717, 1.165) is 0 Å². The zero-order valence-corrected chi connectivity index (χ0v) is 13.7. The van der Waals surface area contributed by atoms with E-state index in [1.807, 2.05) is 18.2 Å². The van der Waals surface area contributed by atoms with Crippen LogP contribution in [0.15, 0.2) is 54.6 Å². The molecular weight excluding hydrogens is 349 g/mol. The molecule has 2 rings (SSSR count). The van der Waals surface area contributed by atoms with Gasteiger partial charge in [0.05, 0.1) is 6.61 Å². The summed E-state index contributed by atoms with van der Waals surface area (Å²) in [4.78, 5) is 22.8. The summed E-state index contributed by atoms with van der Waals surface area (Å²) in [5.41, 5.74) is 0.233. The molecule has 0 heterocycles. The van der Waals surface area contributed by atoms with Crippen molar-refractivity contribution in [2.24, 2.45) is 0 Å². The molecule has 0 atom stereocenters. The van der Waals surface area contributed by atoms with Gasteiger partial charge in [0.2, 0.25) is 5.91 Å². The minimum atomic E-state index is -4.97. The largest absolute Gasteiger partial charge is 0.494 e. The lowest BCUT2D eigenvalue weighted by atomic mass is 10.2. The number of rotatable bonds is 7. The number of para-hydroxylation sites is 1. The Bertz CT molecular complexity index is 749. The molecular formula is C18H17F3N2O3. The lowest BCUT2D eigenvalue weighted by Crippen LogP contribution is -2.29. The standard InChI is InChI=1S/C18H17F3N2O3/c19-18(20,21)17(25)23-14-7-4-6-13(12-14)22-16(24)10-5-11-26-15-8-2-1-3-9-15/h1-4,6-9,12H,5,10-11H2,(H,22,24)(H,23,25). The second-order valence-corrected chi connectivity index (χ2v) is 5.35. The minimum Gasteiger partial charge on any atom is -0.494 e. The van der Waals surface area contributed by atoms with Crippen molar-refractivity contribution in [3.05, 3.63) is 54.6 Å². The first kappa shape index (κ1) is 19.3. The van der Waals surface area contributed by atoms with E-state index in [0.29, 0.717) is 24.5 Å². The number of ether oxygens (including phenoxy) is 1. The Labute approximate surface area is 148 Å². The average molecular weight is 366 g/mol. The van der Waals surface area contributed by atoms with Crippen LogP contribution in [0.1, 0.15) is 12.8 Å². The molecule has 8 heteroatoms. The van der Waals surface area contributed by atoms with Gasteiger partial charge in [-0.2, -0.15) is 13.2 Å². The maximum atomic E-state index is 12.2. The lowest BCUT2D eigenvalue weighted by molar-refractivity contribution is -0.167. The van der Waals surface area contributed by atoms with Crippen LogP contribution in [0, 0.1) is 0 Å². The molecule has 2 aromatic rings. The number of halogens is 3. The third-order valence-electron chi connectivity index (χ3n) is 3.22. The van der Waals surface area contributed by atoms with E-state index in [2.05, 4.69) is 5.32 Å². The first-order chi connectivity index (χ1) is 12.3. The number of hydrogen-bond donors (Lipinski definition) is 2. The average Bonchev–Trinajstić information content (AvgIpc) is 2.59. The van der Waals surface area contributed by atoms with E-state index < -0.39 is 12.1 Å². The normalized spacial score (nSPS) is 10.9. The first-order valence-corrected chi connectivity index (χ1v) is 7.80. The van der Waals surface area contributed by atoms with Crippen LogP contribution in [0.5, 0.6) is 5.75 Å². The highest BCUT2D eigenvalue weighted by Crippen LogP contribution is 2.20. The lowest BCUT2D eigenvalue weighted by Gasteiger charge is -2.10. The zero-order chi connectivity index (χ0) is 19.0. The molecule has 138 valence electrons. The van der Waals surface area contributed by atoms with Crippen molar-refractivity contribution in [1.82, 2.24) is 0 Å². The van der Waals surface area contributed by atoms with Crippen molar-refractivity contribution in [3.63, 3.8) is 0 Å². The molecule has 0 aliphatic carbocycles. The summed E-state index contributed by atoms with van der Waals surface area (Å²) in [7, 11) is 0. The van der Waals surface area contributed by atoms with E-state index >= 15 is 0 Å². The Balaban J connectivity index is 1.78. The Morgan fingerprint density at radius 2 is 1.58 bits per heavy atom. The first-order valence-electron chi connectivity index (χ1n) is 7.80. The Morgan fingerprint density at radius 3 is 2.23 bits per heavy atom. The fourth-order valence-electron chi connectivity index (χ4n) is 2.04. The molecule has 0 aromatic heterocycles. The highest BCUT2D eigenvalue weighted by molar-refractivity contribution is 5.96. The van der Waals surface area contributed by atoms with Gasteiger partial charge in [-0.25, -0.2) is 0 Å². The van der Waals surface area contributed by atoms with Crippen molar-refractivity contribution in [2.45, 2.75) is 19.0 Å². The molecule has 0 bridgehead atoms. The van der Waals surface area contributed by atoms with E-state index in [1.165, 1.54) is 24.3 Å². The highest BCUT2D eigenvalue weighted by atomic mass is 19.4. The third-order valence-corrected chi connectivity index (χ3v) is 3.22. The van der Waals surface area contributed by atoms with Gasteiger partial charge < -0.3 is 15.4 Å². The van der Waals surface area contributed by atoms with E-state index in [4.69, 9.17) is 4.74 Å². The van der Waals surface area contributed by atoms with E-state index in [1.54, 1.807) is 17.4 Å². The maximum Gasteiger partial charge on any atom is 0.471 e. The summed E-state index contributed by atoms with van der Waals surface area (Å²) in [6.45, 7) is 0.360. The van der Waals surface area contributed by atoms with Gasteiger partial charge in [-0.15, -0.1) is 0 Å². The topological polar surface area (TPSA) is 67.4 Å². The second-order valence-electron chi connectivity index (χ2n) is 5.35. The Kier molecular flexibility index (Phi) is 6.60. The molecule has 0 aliphatic heterocycles. The van der Waals surface area contributed by atoms with Crippen LogP contribution in [0.4, 0.5) is 24.5 Å². The summed E-state index contributed by atoms with van der Waals surface area (Å²) in [6.07, 6.45) is -4.31. The molecule has 0 spiro atoms. The molecule has 2 aromatic carbocycles. The van der Waals surface area contributed by atoms with Gasteiger partial charge in [0, 0.05) is 17.8 Å². The van der Waals surface area contributed by atoms with Crippen LogP contribution < -0.4 is 15.4 Å². The molecule has 0 fully saturated rings. The van der Waals surface area contributed by atoms with Crippen LogP contribution in [0.25, 0.3) is 0 Å². The number of carbonyl (C=O) groups excluding carboxylic acids is 2.